The van der Waals surface area contributed by atoms with Crippen LogP contribution in [0.4, 0.5) is 13.6 Å². The highest BCUT2D eigenvalue weighted by Gasteiger charge is 2.46. The molecule has 1 atom stereocenters. The molecule has 1 saturated heterocycles. The fourth-order valence-corrected chi connectivity index (χ4v) is 1.72. The summed E-state index contributed by atoms with van der Waals surface area (Å²) in [6.07, 6.45) is -0.916. The van der Waals surface area contributed by atoms with Crippen LogP contribution in [-0.4, -0.2) is 30.8 Å². The zero-order valence-electron chi connectivity index (χ0n) is 9.44. The van der Waals surface area contributed by atoms with E-state index < -0.39 is 24.7 Å². The molecule has 1 heterocycles. The lowest BCUT2D eigenvalue weighted by atomic mass is 9.99. The number of cyclic esters (lactones) is 1. The Morgan fingerprint density at radius 1 is 1.56 bits per heavy atom. The van der Waals surface area contributed by atoms with Gasteiger partial charge in [-0.2, -0.15) is 0 Å². The van der Waals surface area contributed by atoms with Crippen LogP contribution in [-0.2, 0) is 4.74 Å². The number of amides is 1. The molecule has 0 saturated carbocycles. The molecule has 0 spiro atoms. The number of carbonyl (C=O) groups excluding carboxylic acids is 1. The van der Waals surface area contributed by atoms with E-state index in [-0.39, 0.29) is 17.1 Å². The first-order valence-corrected chi connectivity index (χ1v) is 5.12. The lowest BCUT2D eigenvalue weighted by Crippen LogP contribution is -2.49. The number of halogens is 2. The molecule has 0 unspecified atom stereocenters. The number of nitrogens with one attached hydrogen (secondary N) is 1. The lowest BCUT2D eigenvalue weighted by Gasteiger charge is -2.31. The number of phenols is 1. The minimum atomic E-state index is -3.24. The molecule has 1 aromatic rings. The maximum absolute atomic E-state index is 13.6. The zero-order valence-corrected chi connectivity index (χ0v) is 9.44. The summed E-state index contributed by atoms with van der Waals surface area (Å²) in [5, 5.41) is 11.6. The summed E-state index contributed by atoms with van der Waals surface area (Å²) in [6.45, 7) is -0.990. The molecule has 2 N–H and O–H groups in total. The first-order chi connectivity index (χ1) is 8.44. The summed E-state index contributed by atoms with van der Waals surface area (Å²) in [7, 11) is 1.35. The minimum Gasteiger partial charge on any atom is -0.504 e. The minimum absolute atomic E-state index is 0.0787. The zero-order chi connectivity index (χ0) is 13.3. The fourth-order valence-electron chi connectivity index (χ4n) is 1.72. The van der Waals surface area contributed by atoms with E-state index in [0.717, 1.165) is 6.07 Å². The molecule has 0 bridgehead atoms. The molecule has 1 aliphatic rings. The lowest BCUT2D eigenvalue weighted by molar-refractivity contribution is -0.104. The monoisotopic (exact) mass is 259 g/mol. The quantitative estimate of drug-likeness (QED) is 0.850. The van der Waals surface area contributed by atoms with Gasteiger partial charge in [0.25, 0.3) is 0 Å². The molecule has 2 rings (SSSR count). The van der Waals surface area contributed by atoms with Crippen molar-refractivity contribution < 1.29 is 28.2 Å². The van der Waals surface area contributed by atoms with E-state index >= 15 is 0 Å². The van der Waals surface area contributed by atoms with E-state index in [1.165, 1.54) is 19.2 Å². The summed E-state index contributed by atoms with van der Waals surface area (Å²) in [4.78, 5) is 11.0. The molecule has 18 heavy (non-hydrogen) atoms. The summed E-state index contributed by atoms with van der Waals surface area (Å²) in [5.41, 5.74) is 0.0787. The standard InChI is InChI=1S/C11H11F2NO4/c1-17-8-3-2-6(4-7(8)15)9-11(12,13)5-18-10(16)14-9/h2-4,9,15H,5H2,1H3,(H,14,16)/t9-/m0/s1. The molecule has 1 aliphatic heterocycles. The number of phenolic OH excluding ortho intramolecular Hbond substituents is 1. The topological polar surface area (TPSA) is 67.8 Å². The molecule has 1 fully saturated rings. The summed E-state index contributed by atoms with van der Waals surface area (Å²) >= 11 is 0. The molecule has 1 amide bonds. The van der Waals surface area contributed by atoms with Crippen molar-refractivity contribution in [3.05, 3.63) is 23.8 Å². The van der Waals surface area contributed by atoms with Crippen molar-refractivity contribution in [3.63, 3.8) is 0 Å². The summed E-state index contributed by atoms with van der Waals surface area (Å²) in [6, 6.07) is 2.30. The van der Waals surface area contributed by atoms with Crippen LogP contribution >= 0.6 is 0 Å². The van der Waals surface area contributed by atoms with Gasteiger partial charge in [-0.25, -0.2) is 13.6 Å². The van der Waals surface area contributed by atoms with Crippen LogP contribution in [0, 0.1) is 0 Å². The third-order valence-electron chi connectivity index (χ3n) is 2.62. The van der Waals surface area contributed by atoms with Crippen molar-refractivity contribution in [3.8, 4) is 11.5 Å². The van der Waals surface area contributed by atoms with E-state index in [9.17, 15) is 18.7 Å². The van der Waals surface area contributed by atoms with Gasteiger partial charge in [-0.3, -0.25) is 0 Å². The van der Waals surface area contributed by atoms with Gasteiger partial charge in [-0.1, -0.05) is 6.07 Å². The van der Waals surface area contributed by atoms with Crippen LogP contribution in [0.5, 0.6) is 11.5 Å². The number of ether oxygens (including phenoxy) is 2. The molecule has 0 aliphatic carbocycles. The predicted octanol–water partition coefficient (Wildman–Crippen LogP) is 1.82. The van der Waals surface area contributed by atoms with E-state index in [0.29, 0.717) is 0 Å². The first-order valence-electron chi connectivity index (χ1n) is 5.12. The Labute approximate surface area is 101 Å². The van der Waals surface area contributed by atoms with Gasteiger partial charge in [0.1, 0.15) is 6.04 Å². The van der Waals surface area contributed by atoms with Crippen LogP contribution in [0.15, 0.2) is 18.2 Å². The van der Waals surface area contributed by atoms with Gasteiger partial charge in [0.05, 0.1) is 7.11 Å². The molecule has 7 heteroatoms. The smallest absolute Gasteiger partial charge is 0.408 e. The molecule has 98 valence electrons. The average Bonchev–Trinajstić information content (AvgIpc) is 2.32. The highest BCUT2D eigenvalue weighted by molar-refractivity contribution is 5.69. The van der Waals surface area contributed by atoms with Crippen LogP contribution in [0.2, 0.25) is 0 Å². The van der Waals surface area contributed by atoms with Gasteiger partial charge < -0.3 is 19.9 Å². The second-order valence-corrected chi connectivity index (χ2v) is 3.85. The van der Waals surface area contributed by atoms with Crippen LogP contribution in [0.3, 0.4) is 0 Å². The molecular formula is C11H11F2NO4. The first kappa shape index (κ1) is 12.4. The van der Waals surface area contributed by atoms with Crippen molar-refractivity contribution in [2.75, 3.05) is 13.7 Å². The van der Waals surface area contributed by atoms with Crippen molar-refractivity contribution >= 4 is 6.09 Å². The number of alkyl carbamates (subject to hydrolysis) is 1. The number of hydrogen-bond donors (Lipinski definition) is 2. The van der Waals surface area contributed by atoms with Gasteiger partial charge in [-0.15, -0.1) is 0 Å². The number of aromatic hydroxyl groups is 1. The van der Waals surface area contributed by atoms with E-state index in [4.69, 9.17) is 4.74 Å². The number of rotatable bonds is 2. The van der Waals surface area contributed by atoms with Crippen molar-refractivity contribution in [2.45, 2.75) is 12.0 Å². The van der Waals surface area contributed by atoms with Gasteiger partial charge >= 0.3 is 12.0 Å². The third-order valence-corrected chi connectivity index (χ3v) is 2.62. The van der Waals surface area contributed by atoms with E-state index in [1.54, 1.807) is 0 Å². The van der Waals surface area contributed by atoms with E-state index in [2.05, 4.69) is 4.74 Å². The Hall–Kier alpha value is -2.05. The van der Waals surface area contributed by atoms with Gasteiger partial charge in [0.2, 0.25) is 0 Å². The van der Waals surface area contributed by atoms with Crippen molar-refractivity contribution in [1.82, 2.24) is 5.32 Å². The van der Waals surface area contributed by atoms with E-state index in [1.807, 2.05) is 5.32 Å². The van der Waals surface area contributed by atoms with Crippen molar-refractivity contribution in [1.29, 1.82) is 0 Å². The highest BCUT2D eigenvalue weighted by Crippen LogP contribution is 2.37. The molecule has 1 aromatic carbocycles. The Kier molecular flexibility index (Phi) is 2.98. The van der Waals surface area contributed by atoms with Gasteiger partial charge in [0.15, 0.2) is 18.1 Å². The maximum atomic E-state index is 13.6. The Bertz CT molecular complexity index is 478. The largest absolute Gasteiger partial charge is 0.504 e. The molecule has 0 radical (unpaired) electrons. The fraction of sp³-hybridized carbons (Fsp3) is 0.364. The van der Waals surface area contributed by atoms with Gasteiger partial charge in [-0.05, 0) is 17.7 Å². The Morgan fingerprint density at radius 2 is 2.28 bits per heavy atom. The number of carbonyl (C=O) groups is 1. The number of benzene rings is 1. The van der Waals surface area contributed by atoms with Crippen LogP contribution < -0.4 is 10.1 Å². The number of hydrogen-bond acceptors (Lipinski definition) is 4. The summed E-state index contributed by atoms with van der Waals surface area (Å²) in [5.74, 6) is -3.35. The Morgan fingerprint density at radius 3 is 2.89 bits per heavy atom. The predicted molar refractivity (Wildman–Crippen MR) is 56.8 cm³/mol. The highest BCUT2D eigenvalue weighted by atomic mass is 19.3. The maximum Gasteiger partial charge on any atom is 0.408 e. The van der Waals surface area contributed by atoms with Crippen molar-refractivity contribution in [2.24, 2.45) is 0 Å². The Balaban J connectivity index is 2.34. The second-order valence-electron chi connectivity index (χ2n) is 3.85. The molecule has 0 aromatic heterocycles. The second kappa shape index (κ2) is 4.32. The average molecular weight is 259 g/mol. The SMILES string of the molecule is COc1ccc([C@@H]2NC(=O)OCC2(F)F)cc1O. The third kappa shape index (κ3) is 2.15. The summed E-state index contributed by atoms with van der Waals surface area (Å²) < 4.78 is 36.2. The number of alkyl halides is 2. The molecular weight excluding hydrogens is 248 g/mol. The molecule has 5 nitrogen and oxygen atoms in total. The number of methoxy groups -OCH3 is 1. The van der Waals surface area contributed by atoms with Crippen LogP contribution in [0.25, 0.3) is 0 Å². The normalized spacial score (nSPS) is 21.9. The van der Waals surface area contributed by atoms with Crippen LogP contribution in [0.1, 0.15) is 11.6 Å². The van der Waals surface area contributed by atoms with Gasteiger partial charge in [0, 0.05) is 0 Å².